The van der Waals surface area contributed by atoms with Gasteiger partial charge >= 0.3 is 0 Å². The van der Waals surface area contributed by atoms with Crippen molar-refractivity contribution in [1.82, 2.24) is 10.6 Å². The van der Waals surface area contributed by atoms with E-state index >= 15 is 0 Å². The maximum Gasteiger partial charge on any atom is 0.222 e. The van der Waals surface area contributed by atoms with E-state index in [1.165, 1.54) is 0 Å². The summed E-state index contributed by atoms with van der Waals surface area (Å²) in [6.07, 6.45) is 0. The van der Waals surface area contributed by atoms with Gasteiger partial charge in [-0.1, -0.05) is 34.6 Å². The summed E-state index contributed by atoms with van der Waals surface area (Å²) in [7, 11) is 0. The predicted octanol–water partition coefficient (Wildman–Crippen LogP) is 3.98. The van der Waals surface area contributed by atoms with Gasteiger partial charge in [0.2, 0.25) is 5.91 Å². The first-order chi connectivity index (χ1) is 8.53. The Kier molecular flexibility index (Phi) is 8.71. The van der Waals surface area contributed by atoms with Crippen molar-refractivity contribution in [3.05, 3.63) is 0 Å². The van der Waals surface area contributed by atoms with Gasteiger partial charge in [-0.25, -0.2) is 0 Å². The second-order valence-corrected chi connectivity index (χ2v) is 9.06. The van der Waals surface area contributed by atoms with E-state index in [1.807, 2.05) is 34.6 Å². The molecule has 0 aromatic carbocycles. The molecule has 0 aliphatic carbocycles. The van der Waals surface area contributed by atoms with Gasteiger partial charge in [0, 0.05) is 23.5 Å². The number of hydrogen-bond donors (Lipinski definition) is 2. The molecule has 0 saturated carbocycles. The van der Waals surface area contributed by atoms with Crippen LogP contribution >= 0.6 is 0 Å². The highest BCUT2D eigenvalue weighted by atomic mass is 16.1. The molecule has 1 amide bonds. The van der Waals surface area contributed by atoms with Crippen LogP contribution in [0.5, 0.6) is 0 Å². The Morgan fingerprint density at radius 3 is 1.35 bits per heavy atom. The summed E-state index contributed by atoms with van der Waals surface area (Å²) in [5.41, 5.74) is 0.557. The highest BCUT2D eigenvalue weighted by Crippen LogP contribution is 2.12. The normalized spacial score (nSPS) is 12.8. The Labute approximate surface area is 127 Å². The first-order valence-corrected chi connectivity index (χ1v) is 7.60. The number of nitrogens with one attached hydrogen (secondary N) is 2. The topological polar surface area (TPSA) is 41.1 Å². The zero-order valence-electron chi connectivity index (χ0n) is 15.7. The van der Waals surface area contributed by atoms with E-state index in [4.69, 9.17) is 0 Å². The fourth-order valence-corrected chi connectivity index (χ4v) is 1.04. The molecule has 3 heteroatoms. The Bertz CT molecular complexity index is 261. The molecule has 0 bridgehead atoms. The van der Waals surface area contributed by atoms with Crippen LogP contribution in [0, 0.1) is 11.3 Å². The highest BCUT2D eigenvalue weighted by Gasteiger charge is 2.15. The standard InChI is InChI=1S/C9H21N.C8H17NO/c1-8(2,3)7-10-9(4,5)6;1-6(2)7(10)9-8(3,4)5/h10H,7H2,1-6H3;6H,1-5H3,(H,9,10). The Morgan fingerprint density at radius 1 is 0.850 bits per heavy atom. The van der Waals surface area contributed by atoms with Crippen LogP contribution in [0.3, 0.4) is 0 Å². The molecule has 122 valence electrons. The largest absolute Gasteiger partial charge is 0.351 e. The molecule has 0 fully saturated rings. The summed E-state index contributed by atoms with van der Waals surface area (Å²) < 4.78 is 0. The molecular formula is C17H38N2O. The van der Waals surface area contributed by atoms with Gasteiger partial charge in [-0.15, -0.1) is 0 Å². The molecule has 0 rings (SSSR count). The van der Waals surface area contributed by atoms with Gasteiger partial charge in [0.25, 0.3) is 0 Å². The maximum absolute atomic E-state index is 11.0. The molecule has 0 radical (unpaired) electrons. The van der Waals surface area contributed by atoms with Crippen molar-refractivity contribution in [2.75, 3.05) is 6.54 Å². The minimum absolute atomic E-state index is 0.0826. The van der Waals surface area contributed by atoms with Crippen LogP contribution in [0.1, 0.15) is 76.2 Å². The molecule has 0 aromatic rings. The molecule has 0 aliphatic rings. The van der Waals surface area contributed by atoms with Crippen LogP contribution < -0.4 is 10.6 Å². The summed E-state index contributed by atoms with van der Waals surface area (Å²) in [5, 5.41) is 6.34. The molecule has 2 N–H and O–H groups in total. The van der Waals surface area contributed by atoms with Crippen molar-refractivity contribution in [2.45, 2.75) is 87.2 Å². The molecule has 0 heterocycles. The molecule has 0 spiro atoms. The minimum Gasteiger partial charge on any atom is -0.351 e. The quantitative estimate of drug-likeness (QED) is 0.806. The van der Waals surface area contributed by atoms with Crippen molar-refractivity contribution in [2.24, 2.45) is 11.3 Å². The predicted molar refractivity (Wildman–Crippen MR) is 89.9 cm³/mol. The van der Waals surface area contributed by atoms with Crippen molar-refractivity contribution in [1.29, 1.82) is 0 Å². The van der Waals surface area contributed by atoms with Crippen molar-refractivity contribution in [3.8, 4) is 0 Å². The van der Waals surface area contributed by atoms with Crippen molar-refractivity contribution in [3.63, 3.8) is 0 Å². The van der Waals surface area contributed by atoms with Crippen LogP contribution in [-0.2, 0) is 4.79 Å². The van der Waals surface area contributed by atoms with Crippen LogP contribution in [0.25, 0.3) is 0 Å². The number of carbonyl (C=O) groups is 1. The zero-order chi connectivity index (χ0) is 16.8. The van der Waals surface area contributed by atoms with Crippen molar-refractivity contribution < 1.29 is 4.79 Å². The summed E-state index contributed by atoms with van der Waals surface area (Å²) in [5.74, 6) is 0.201. The lowest BCUT2D eigenvalue weighted by Gasteiger charge is -2.27. The van der Waals surface area contributed by atoms with E-state index in [2.05, 4.69) is 52.2 Å². The second-order valence-electron chi connectivity index (χ2n) is 9.06. The fourth-order valence-electron chi connectivity index (χ4n) is 1.04. The van der Waals surface area contributed by atoms with Crippen LogP contribution in [0.15, 0.2) is 0 Å². The third kappa shape index (κ3) is 19.8. The average Bonchev–Trinajstić information content (AvgIpc) is 2.10. The molecular weight excluding hydrogens is 248 g/mol. The van der Waals surface area contributed by atoms with E-state index in [0.717, 1.165) is 6.54 Å². The smallest absolute Gasteiger partial charge is 0.222 e. The molecule has 0 aliphatic heterocycles. The SMILES string of the molecule is CC(C)(C)CNC(C)(C)C.CC(C)C(=O)NC(C)(C)C. The van der Waals surface area contributed by atoms with Crippen LogP contribution in [0.4, 0.5) is 0 Å². The van der Waals surface area contributed by atoms with Crippen LogP contribution in [0.2, 0.25) is 0 Å². The maximum atomic E-state index is 11.0. The van der Waals surface area contributed by atoms with Crippen LogP contribution in [-0.4, -0.2) is 23.5 Å². The summed E-state index contributed by atoms with van der Waals surface area (Å²) in [4.78, 5) is 11.0. The molecule has 3 nitrogen and oxygen atoms in total. The van der Waals surface area contributed by atoms with Crippen molar-refractivity contribution >= 4 is 5.91 Å². The lowest BCUT2D eigenvalue weighted by Crippen LogP contribution is -2.42. The minimum atomic E-state index is -0.0959. The number of amides is 1. The summed E-state index contributed by atoms with van der Waals surface area (Å²) in [6.45, 7) is 24.1. The van der Waals surface area contributed by atoms with E-state index in [9.17, 15) is 4.79 Å². The second kappa shape index (κ2) is 8.02. The van der Waals surface area contributed by atoms with E-state index in [1.54, 1.807) is 0 Å². The summed E-state index contributed by atoms with van der Waals surface area (Å²) in [6, 6.07) is 0. The fraction of sp³-hybridized carbons (Fsp3) is 0.941. The van der Waals surface area contributed by atoms with Gasteiger partial charge in [-0.2, -0.15) is 0 Å². The molecule has 0 unspecified atom stereocenters. The van der Waals surface area contributed by atoms with Gasteiger partial charge in [-0.3, -0.25) is 4.79 Å². The molecule has 0 atom stereocenters. The monoisotopic (exact) mass is 286 g/mol. The van der Waals surface area contributed by atoms with Gasteiger partial charge < -0.3 is 10.6 Å². The lowest BCUT2D eigenvalue weighted by atomic mass is 9.95. The van der Waals surface area contributed by atoms with E-state index in [0.29, 0.717) is 5.41 Å². The molecule has 0 aromatic heterocycles. The highest BCUT2D eigenvalue weighted by molar-refractivity contribution is 5.78. The Balaban J connectivity index is 0. The van der Waals surface area contributed by atoms with E-state index in [-0.39, 0.29) is 22.9 Å². The van der Waals surface area contributed by atoms with Gasteiger partial charge in [0.1, 0.15) is 0 Å². The van der Waals surface area contributed by atoms with Gasteiger partial charge in [-0.05, 0) is 47.0 Å². The van der Waals surface area contributed by atoms with E-state index < -0.39 is 0 Å². The number of carbonyl (C=O) groups excluding carboxylic acids is 1. The Hall–Kier alpha value is -0.570. The zero-order valence-corrected chi connectivity index (χ0v) is 15.7. The van der Waals surface area contributed by atoms with Gasteiger partial charge in [0.15, 0.2) is 0 Å². The third-order valence-electron chi connectivity index (χ3n) is 2.17. The first kappa shape index (κ1) is 21.7. The number of hydrogen-bond acceptors (Lipinski definition) is 2. The lowest BCUT2D eigenvalue weighted by molar-refractivity contribution is -0.125. The number of rotatable bonds is 2. The van der Waals surface area contributed by atoms with Gasteiger partial charge in [0.05, 0.1) is 0 Å². The third-order valence-corrected chi connectivity index (χ3v) is 2.17. The average molecular weight is 287 g/mol. The summed E-state index contributed by atoms with van der Waals surface area (Å²) >= 11 is 0. The Morgan fingerprint density at radius 2 is 1.25 bits per heavy atom. The first-order valence-electron chi connectivity index (χ1n) is 7.60. The molecule has 20 heavy (non-hydrogen) atoms. The molecule has 0 saturated heterocycles.